The summed E-state index contributed by atoms with van der Waals surface area (Å²) in [4.78, 5) is 11.7. The highest BCUT2D eigenvalue weighted by atomic mass is 16.5. The third-order valence-corrected chi connectivity index (χ3v) is 2.88. The first-order chi connectivity index (χ1) is 10.2. The molecule has 1 aromatic rings. The lowest BCUT2D eigenvalue weighted by Crippen LogP contribution is -2.30. The zero-order valence-electron chi connectivity index (χ0n) is 13.1. The second kappa shape index (κ2) is 10.2. The molecule has 5 heteroatoms. The third-order valence-electron chi connectivity index (χ3n) is 2.88. The molecule has 1 rings (SSSR count). The number of benzene rings is 1. The Bertz CT molecular complexity index is 405. The van der Waals surface area contributed by atoms with Crippen molar-refractivity contribution in [2.75, 3.05) is 33.0 Å². The van der Waals surface area contributed by atoms with Crippen LogP contribution in [0.5, 0.6) is 5.75 Å². The Morgan fingerprint density at radius 2 is 1.76 bits per heavy atom. The predicted octanol–water partition coefficient (Wildman–Crippen LogP) is 2.32. The van der Waals surface area contributed by atoms with Gasteiger partial charge in [0.25, 0.3) is 0 Å². The van der Waals surface area contributed by atoms with Crippen LogP contribution in [0.2, 0.25) is 0 Å². The minimum Gasteiger partial charge on any atom is -0.494 e. The second-order valence-corrected chi connectivity index (χ2v) is 4.54. The second-order valence-electron chi connectivity index (χ2n) is 4.54. The first kappa shape index (κ1) is 17.5. The van der Waals surface area contributed by atoms with Crippen molar-refractivity contribution >= 4 is 5.91 Å². The van der Waals surface area contributed by atoms with Gasteiger partial charge in [-0.1, -0.05) is 12.1 Å². The molecule has 0 bridgehead atoms. The van der Waals surface area contributed by atoms with E-state index in [0.29, 0.717) is 26.4 Å². The zero-order chi connectivity index (χ0) is 15.5. The van der Waals surface area contributed by atoms with E-state index < -0.39 is 0 Å². The summed E-state index contributed by atoms with van der Waals surface area (Å²) in [6.07, 6.45) is 0. The van der Waals surface area contributed by atoms with Gasteiger partial charge < -0.3 is 19.5 Å². The van der Waals surface area contributed by atoms with Crippen LogP contribution in [-0.2, 0) is 14.3 Å². The van der Waals surface area contributed by atoms with Crippen LogP contribution in [0.15, 0.2) is 24.3 Å². The first-order valence-corrected chi connectivity index (χ1v) is 7.35. The van der Waals surface area contributed by atoms with Crippen molar-refractivity contribution in [1.82, 2.24) is 5.32 Å². The topological polar surface area (TPSA) is 56.8 Å². The van der Waals surface area contributed by atoms with E-state index in [1.165, 1.54) is 0 Å². The van der Waals surface area contributed by atoms with Gasteiger partial charge >= 0.3 is 0 Å². The van der Waals surface area contributed by atoms with Crippen LogP contribution in [0.3, 0.4) is 0 Å². The Kier molecular flexibility index (Phi) is 8.47. The lowest BCUT2D eigenvalue weighted by Gasteiger charge is -2.15. The van der Waals surface area contributed by atoms with E-state index in [2.05, 4.69) is 5.32 Å². The molecule has 0 fully saturated rings. The van der Waals surface area contributed by atoms with Gasteiger partial charge in [-0.25, -0.2) is 0 Å². The van der Waals surface area contributed by atoms with Gasteiger partial charge in [0.2, 0.25) is 5.91 Å². The predicted molar refractivity (Wildman–Crippen MR) is 81.5 cm³/mol. The largest absolute Gasteiger partial charge is 0.494 e. The molecule has 0 unspecified atom stereocenters. The maximum Gasteiger partial charge on any atom is 0.246 e. The van der Waals surface area contributed by atoms with Crippen LogP contribution in [0.25, 0.3) is 0 Å². The molecule has 0 radical (unpaired) electrons. The normalized spacial score (nSPS) is 12.0. The van der Waals surface area contributed by atoms with Crippen molar-refractivity contribution < 1.29 is 19.0 Å². The lowest BCUT2D eigenvalue weighted by molar-refractivity contribution is -0.126. The van der Waals surface area contributed by atoms with E-state index >= 15 is 0 Å². The lowest BCUT2D eigenvalue weighted by atomic mass is 10.1. The molecule has 0 heterocycles. The first-order valence-electron chi connectivity index (χ1n) is 7.35. The molecule has 1 aromatic carbocycles. The zero-order valence-corrected chi connectivity index (χ0v) is 13.1. The van der Waals surface area contributed by atoms with Crippen LogP contribution >= 0.6 is 0 Å². The summed E-state index contributed by atoms with van der Waals surface area (Å²) in [6.45, 7) is 8.10. The molecule has 1 amide bonds. The van der Waals surface area contributed by atoms with E-state index in [9.17, 15) is 4.79 Å². The Labute approximate surface area is 126 Å². The molecule has 0 spiro atoms. The molecular weight excluding hydrogens is 270 g/mol. The highest BCUT2D eigenvalue weighted by molar-refractivity contribution is 5.77. The molecule has 21 heavy (non-hydrogen) atoms. The van der Waals surface area contributed by atoms with Crippen LogP contribution < -0.4 is 10.1 Å². The van der Waals surface area contributed by atoms with Crippen molar-refractivity contribution in [2.45, 2.75) is 26.8 Å². The van der Waals surface area contributed by atoms with Gasteiger partial charge in [0.1, 0.15) is 12.4 Å². The van der Waals surface area contributed by atoms with Gasteiger partial charge in [-0.2, -0.15) is 0 Å². The van der Waals surface area contributed by atoms with Gasteiger partial charge in [-0.15, -0.1) is 0 Å². The monoisotopic (exact) mass is 295 g/mol. The fourth-order valence-corrected chi connectivity index (χ4v) is 1.81. The number of ether oxygens (including phenoxy) is 3. The highest BCUT2D eigenvalue weighted by Gasteiger charge is 2.09. The van der Waals surface area contributed by atoms with E-state index in [4.69, 9.17) is 14.2 Å². The van der Waals surface area contributed by atoms with Crippen molar-refractivity contribution in [1.29, 1.82) is 0 Å². The fourth-order valence-electron chi connectivity index (χ4n) is 1.81. The van der Waals surface area contributed by atoms with Gasteiger partial charge in [0.05, 0.1) is 25.9 Å². The highest BCUT2D eigenvalue weighted by Crippen LogP contribution is 2.17. The van der Waals surface area contributed by atoms with E-state index in [1.807, 2.05) is 45.0 Å². The Balaban J connectivity index is 2.31. The summed E-state index contributed by atoms with van der Waals surface area (Å²) >= 11 is 0. The quantitative estimate of drug-likeness (QED) is 0.673. The molecule has 0 aliphatic carbocycles. The van der Waals surface area contributed by atoms with Crippen LogP contribution in [0.4, 0.5) is 0 Å². The van der Waals surface area contributed by atoms with Crippen LogP contribution in [0, 0.1) is 0 Å². The summed E-state index contributed by atoms with van der Waals surface area (Å²) in [5.41, 5.74) is 1.03. The average molecular weight is 295 g/mol. The van der Waals surface area contributed by atoms with Gasteiger partial charge in [0, 0.05) is 6.61 Å². The molecule has 0 saturated heterocycles. The Hall–Kier alpha value is -1.59. The summed E-state index contributed by atoms with van der Waals surface area (Å²) in [6, 6.07) is 7.64. The number of hydrogen-bond donors (Lipinski definition) is 1. The summed E-state index contributed by atoms with van der Waals surface area (Å²) in [5.74, 6) is 0.701. The molecule has 0 aromatic heterocycles. The number of amides is 1. The van der Waals surface area contributed by atoms with E-state index in [-0.39, 0.29) is 18.6 Å². The number of rotatable bonds is 10. The van der Waals surface area contributed by atoms with E-state index in [0.717, 1.165) is 11.3 Å². The number of carbonyl (C=O) groups is 1. The van der Waals surface area contributed by atoms with Gasteiger partial charge in [-0.05, 0) is 38.5 Å². The fraction of sp³-hybridized carbons (Fsp3) is 0.562. The maximum absolute atomic E-state index is 11.7. The van der Waals surface area contributed by atoms with Crippen molar-refractivity contribution in [3.63, 3.8) is 0 Å². The minimum absolute atomic E-state index is 0.0500. The van der Waals surface area contributed by atoms with Crippen LogP contribution in [-0.4, -0.2) is 38.9 Å². The molecule has 1 atom stereocenters. The summed E-state index contributed by atoms with van der Waals surface area (Å²) in [7, 11) is 0. The standard InChI is InChI=1S/C16H25NO4/c1-4-19-10-11-20-12-16(18)17-13(3)14-6-8-15(9-7-14)21-5-2/h6-9,13H,4-5,10-12H2,1-3H3,(H,17,18)/t13-/m1/s1. The maximum atomic E-state index is 11.7. The van der Waals surface area contributed by atoms with Crippen molar-refractivity contribution in [2.24, 2.45) is 0 Å². The third kappa shape index (κ3) is 7.11. The number of nitrogens with one attached hydrogen (secondary N) is 1. The summed E-state index contributed by atoms with van der Waals surface area (Å²) in [5, 5.41) is 2.89. The number of hydrogen-bond acceptors (Lipinski definition) is 4. The smallest absolute Gasteiger partial charge is 0.246 e. The molecule has 1 N–H and O–H groups in total. The van der Waals surface area contributed by atoms with Gasteiger partial charge in [0.15, 0.2) is 0 Å². The molecule has 0 aliphatic heterocycles. The van der Waals surface area contributed by atoms with Crippen molar-refractivity contribution in [3.8, 4) is 5.75 Å². The minimum atomic E-state index is -0.132. The van der Waals surface area contributed by atoms with Crippen LogP contribution in [0.1, 0.15) is 32.4 Å². The molecule has 5 nitrogen and oxygen atoms in total. The molecule has 118 valence electrons. The Morgan fingerprint density at radius 3 is 2.38 bits per heavy atom. The molecule has 0 aliphatic rings. The molecular formula is C16H25NO4. The molecule has 0 saturated carbocycles. The Morgan fingerprint density at radius 1 is 1.10 bits per heavy atom. The summed E-state index contributed by atoms with van der Waals surface area (Å²) < 4.78 is 15.7. The average Bonchev–Trinajstić information content (AvgIpc) is 2.48. The SMILES string of the molecule is CCOCCOCC(=O)N[C@H](C)c1ccc(OCC)cc1. The van der Waals surface area contributed by atoms with E-state index in [1.54, 1.807) is 0 Å². The van der Waals surface area contributed by atoms with Gasteiger partial charge in [-0.3, -0.25) is 4.79 Å². The van der Waals surface area contributed by atoms with Crippen molar-refractivity contribution in [3.05, 3.63) is 29.8 Å². The number of carbonyl (C=O) groups excluding carboxylic acids is 1.